The van der Waals surface area contributed by atoms with E-state index >= 15 is 0 Å². The van der Waals surface area contributed by atoms with Gasteiger partial charge in [0.05, 0.1) is 24.3 Å². The predicted molar refractivity (Wildman–Crippen MR) is 104 cm³/mol. The quantitative estimate of drug-likeness (QED) is 0.888. The molecule has 5 heteroatoms. The zero-order valence-electron chi connectivity index (χ0n) is 16.0. The fourth-order valence-corrected chi connectivity index (χ4v) is 4.61. The zero-order valence-corrected chi connectivity index (χ0v) is 16.0. The monoisotopic (exact) mass is 367 g/mol. The summed E-state index contributed by atoms with van der Waals surface area (Å²) in [6.45, 7) is 0. The van der Waals surface area contributed by atoms with Gasteiger partial charge in [-0.15, -0.1) is 0 Å². The lowest BCUT2D eigenvalue weighted by atomic mass is 9.81. The van der Waals surface area contributed by atoms with E-state index in [2.05, 4.69) is 10.3 Å². The number of carbonyl (C=O) groups excluding carboxylic acids is 1. The highest BCUT2D eigenvalue weighted by Gasteiger charge is 2.36. The van der Waals surface area contributed by atoms with Crippen LogP contribution in [-0.2, 0) is 11.8 Å². The van der Waals surface area contributed by atoms with Crippen LogP contribution in [-0.4, -0.2) is 27.6 Å². The molecule has 1 aliphatic heterocycles. The minimum Gasteiger partial charge on any atom is -0.368 e. The second-order valence-electron chi connectivity index (χ2n) is 8.00. The van der Waals surface area contributed by atoms with E-state index in [4.69, 9.17) is 4.74 Å². The number of aryl methyl sites for hydroxylation is 1. The number of amides is 1. The predicted octanol–water partition coefficient (Wildman–Crippen LogP) is 4.02. The maximum atomic E-state index is 12.7. The number of nitrogens with zero attached hydrogens (tertiary/aromatic N) is 2. The fraction of sp³-hybridized carbons (Fsp3) is 0.545. The molecule has 2 aliphatic rings. The minimum absolute atomic E-state index is 0.00801. The molecule has 1 aromatic carbocycles. The van der Waals surface area contributed by atoms with Crippen molar-refractivity contribution in [3.63, 3.8) is 0 Å². The molecule has 4 rings (SSSR count). The number of nitrogens with one attached hydrogen (secondary N) is 1. The van der Waals surface area contributed by atoms with Crippen LogP contribution < -0.4 is 5.32 Å². The van der Waals surface area contributed by atoms with Gasteiger partial charge in [-0.1, -0.05) is 37.5 Å². The molecule has 1 aliphatic carbocycles. The van der Waals surface area contributed by atoms with Crippen molar-refractivity contribution in [1.29, 1.82) is 0 Å². The summed E-state index contributed by atoms with van der Waals surface area (Å²) in [5.41, 5.74) is 1.81. The standard InChI is InChI=1S/C22H29N3O2/c1-25-15-23-14-19(25)21-13-18(24-22(26)17-10-6-3-7-11-17)12-20(27-21)16-8-4-2-5-9-16/h3,6-7,10-11,14-16,18,20-21H,2,4-5,8-9,12-13H2,1H3,(H,24,26)/t18-,20-,21+/m1/s1. The second kappa shape index (κ2) is 8.26. The van der Waals surface area contributed by atoms with Crippen molar-refractivity contribution in [3.8, 4) is 0 Å². The van der Waals surface area contributed by atoms with Crippen LogP contribution >= 0.6 is 0 Å². The Kier molecular flexibility index (Phi) is 5.58. The smallest absolute Gasteiger partial charge is 0.251 e. The number of rotatable bonds is 4. The lowest BCUT2D eigenvalue weighted by molar-refractivity contribution is -0.0972. The van der Waals surface area contributed by atoms with Gasteiger partial charge < -0.3 is 14.6 Å². The number of carbonyl (C=O) groups is 1. The Bertz CT molecular complexity index is 752. The number of ether oxygens (including phenoxy) is 1. The van der Waals surface area contributed by atoms with Gasteiger partial charge in [-0.3, -0.25) is 4.79 Å². The second-order valence-corrected chi connectivity index (χ2v) is 8.00. The van der Waals surface area contributed by atoms with Crippen LogP contribution in [0.25, 0.3) is 0 Å². The van der Waals surface area contributed by atoms with Crippen molar-refractivity contribution in [1.82, 2.24) is 14.9 Å². The highest BCUT2D eigenvalue weighted by Crippen LogP contribution is 2.38. The van der Waals surface area contributed by atoms with Gasteiger partial charge in [0.25, 0.3) is 5.91 Å². The molecule has 144 valence electrons. The Balaban J connectivity index is 1.51. The third-order valence-corrected chi connectivity index (χ3v) is 6.09. The third-order valence-electron chi connectivity index (χ3n) is 6.09. The Morgan fingerprint density at radius 1 is 1.15 bits per heavy atom. The van der Waals surface area contributed by atoms with Crippen LogP contribution in [0.15, 0.2) is 42.9 Å². The van der Waals surface area contributed by atoms with E-state index in [-0.39, 0.29) is 24.2 Å². The summed E-state index contributed by atoms with van der Waals surface area (Å²) in [4.78, 5) is 17.0. The molecule has 2 heterocycles. The summed E-state index contributed by atoms with van der Waals surface area (Å²) in [5.74, 6) is 0.611. The van der Waals surface area contributed by atoms with Gasteiger partial charge in [-0.05, 0) is 43.7 Å². The normalized spacial score (nSPS) is 26.6. The van der Waals surface area contributed by atoms with Crippen molar-refractivity contribution in [2.45, 2.75) is 63.2 Å². The third kappa shape index (κ3) is 4.24. The largest absolute Gasteiger partial charge is 0.368 e. The fourth-order valence-electron chi connectivity index (χ4n) is 4.61. The van der Waals surface area contributed by atoms with Crippen molar-refractivity contribution in [3.05, 3.63) is 54.1 Å². The van der Waals surface area contributed by atoms with Gasteiger partial charge in [0.2, 0.25) is 0 Å². The summed E-state index contributed by atoms with van der Waals surface area (Å²) in [6, 6.07) is 9.60. The van der Waals surface area contributed by atoms with E-state index in [1.807, 2.05) is 54.5 Å². The molecule has 1 N–H and O–H groups in total. The summed E-state index contributed by atoms with van der Waals surface area (Å²) in [6.07, 6.45) is 12.0. The van der Waals surface area contributed by atoms with Gasteiger partial charge in [0.15, 0.2) is 0 Å². The SMILES string of the molecule is Cn1cncc1[C@@H]1C[C@H](NC(=O)c2ccccc2)C[C@H](C2CCCCC2)O1. The number of hydrogen-bond acceptors (Lipinski definition) is 3. The Labute approximate surface area is 161 Å². The average Bonchev–Trinajstić information content (AvgIpc) is 3.15. The van der Waals surface area contributed by atoms with Crippen LogP contribution in [0.5, 0.6) is 0 Å². The van der Waals surface area contributed by atoms with Gasteiger partial charge in [0.1, 0.15) is 6.10 Å². The number of aromatic nitrogens is 2. The molecular weight excluding hydrogens is 338 g/mol. The topological polar surface area (TPSA) is 56.2 Å². The van der Waals surface area contributed by atoms with Crippen LogP contribution in [0.2, 0.25) is 0 Å². The molecule has 27 heavy (non-hydrogen) atoms. The summed E-state index contributed by atoms with van der Waals surface area (Å²) < 4.78 is 8.59. The van der Waals surface area contributed by atoms with Gasteiger partial charge in [0, 0.05) is 18.7 Å². The summed E-state index contributed by atoms with van der Waals surface area (Å²) >= 11 is 0. The molecule has 0 radical (unpaired) electrons. The van der Waals surface area contributed by atoms with Crippen LogP contribution in [0.1, 0.15) is 67.1 Å². The molecule has 5 nitrogen and oxygen atoms in total. The van der Waals surface area contributed by atoms with Crippen molar-refractivity contribution >= 4 is 5.91 Å². The van der Waals surface area contributed by atoms with Crippen molar-refractivity contribution in [2.24, 2.45) is 13.0 Å². The maximum Gasteiger partial charge on any atom is 0.251 e. The van der Waals surface area contributed by atoms with Gasteiger partial charge >= 0.3 is 0 Å². The highest BCUT2D eigenvalue weighted by molar-refractivity contribution is 5.94. The first kappa shape index (κ1) is 18.2. The molecule has 1 saturated heterocycles. The molecule has 2 aromatic rings. The lowest BCUT2D eigenvalue weighted by Gasteiger charge is -2.40. The van der Waals surface area contributed by atoms with E-state index in [0.717, 1.165) is 24.1 Å². The molecule has 1 saturated carbocycles. The number of benzene rings is 1. The average molecular weight is 367 g/mol. The van der Waals surface area contributed by atoms with E-state index in [9.17, 15) is 4.79 Å². The van der Waals surface area contributed by atoms with Gasteiger partial charge in [-0.2, -0.15) is 0 Å². The molecule has 3 atom stereocenters. The van der Waals surface area contributed by atoms with E-state index < -0.39 is 0 Å². The molecule has 0 unspecified atom stereocenters. The Hall–Kier alpha value is -2.14. The Morgan fingerprint density at radius 3 is 2.63 bits per heavy atom. The first-order chi connectivity index (χ1) is 13.2. The maximum absolute atomic E-state index is 12.7. The van der Waals surface area contributed by atoms with E-state index in [1.165, 1.54) is 32.1 Å². The molecule has 1 amide bonds. The minimum atomic E-state index is -0.0146. The van der Waals surface area contributed by atoms with E-state index in [1.54, 1.807) is 0 Å². The zero-order chi connectivity index (χ0) is 18.6. The first-order valence-electron chi connectivity index (χ1n) is 10.2. The number of hydrogen-bond donors (Lipinski definition) is 1. The van der Waals surface area contributed by atoms with E-state index in [0.29, 0.717) is 5.92 Å². The molecule has 0 spiro atoms. The van der Waals surface area contributed by atoms with Crippen LogP contribution in [0.3, 0.4) is 0 Å². The van der Waals surface area contributed by atoms with Crippen molar-refractivity contribution in [2.75, 3.05) is 0 Å². The molecule has 1 aromatic heterocycles. The summed E-state index contributed by atoms with van der Waals surface area (Å²) in [5, 5.41) is 3.27. The molecule has 0 bridgehead atoms. The number of imidazole rings is 1. The van der Waals surface area contributed by atoms with Gasteiger partial charge in [-0.25, -0.2) is 4.98 Å². The molecular formula is C22H29N3O2. The van der Waals surface area contributed by atoms with Crippen LogP contribution in [0, 0.1) is 5.92 Å². The highest BCUT2D eigenvalue weighted by atomic mass is 16.5. The first-order valence-corrected chi connectivity index (χ1v) is 10.2. The Morgan fingerprint density at radius 2 is 1.93 bits per heavy atom. The van der Waals surface area contributed by atoms with Crippen LogP contribution in [0.4, 0.5) is 0 Å². The molecule has 2 fully saturated rings. The summed E-state index contributed by atoms with van der Waals surface area (Å²) in [7, 11) is 2.01. The van der Waals surface area contributed by atoms with Crippen molar-refractivity contribution < 1.29 is 9.53 Å². The lowest BCUT2D eigenvalue weighted by Crippen LogP contribution is -2.45.